The average Bonchev–Trinajstić information content (AvgIpc) is 2.31. The number of thiol groups is 1. The number of hydrogen-bond acceptors (Lipinski definition) is 2. The molecule has 17 heavy (non-hydrogen) atoms. The molecule has 0 aromatic carbocycles. The zero-order valence-electron chi connectivity index (χ0n) is 12.1. The summed E-state index contributed by atoms with van der Waals surface area (Å²) in [6, 6.07) is 0. The van der Waals surface area contributed by atoms with Gasteiger partial charge >= 0.3 is 0 Å². The van der Waals surface area contributed by atoms with E-state index in [2.05, 4.69) is 26.5 Å². The molecule has 0 spiro atoms. The van der Waals surface area contributed by atoms with E-state index in [0.29, 0.717) is 0 Å². The monoisotopic (exact) mass is 276 g/mol. The Morgan fingerprint density at radius 1 is 0.824 bits per heavy atom. The Kier molecular flexibility index (Phi) is 12.0. The molecule has 0 aliphatic heterocycles. The van der Waals surface area contributed by atoms with Gasteiger partial charge in [0.2, 0.25) is 0 Å². The molecule has 0 atom stereocenters. The van der Waals surface area contributed by atoms with Crippen molar-refractivity contribution < 1.29 is 4.43 Å². The van der Waals surface area contributed by atoms with E-state index < -0.39 is 0 Å². The summed E-state index contributed by atoms with van der Waals surface area (Å²) in [5.41, 5.74) is 0.138. The maximum Gasteiger partial charge on any atom is 0.146 e. The van der Waals surface area contributed by atoms with Gasteiger partial charge in [0.1, 0.15) is 10.5 Å². The number of unbranched alkanes of at least 4 members (excludes halogenated alkanes) is 8. The van der Waals surface area contributed by atoms with E-state index in [9.17, 15) is 0 Å². The van der Waals surface area contributed by atoms with Crippen LogP contribution < -0.4 is 0 Å². The van der Waals surface area contributed by atoms with Crippen LogP contribution in [0.25, 0.3) is 0 Å². The first-order chi connectivity index (χ1) is 8.12. The molecule has 0 aliphatic carbocycles. The Bertz CT molecular complexity index is 162. The first kappa shape index (κ1) is 17.5. The molecule has 0 rings (SSSR count). The number of hydrogen-bond donors (Lipinski definition) is 1. The molecule has 0 radical (unpaired) electrons. The smallest absolute Gasteiger partial charge is 0.146 e. The highest BCUT2D eigenvalue weighted by molar-refractivity contribution is 7.80. The Labute approximate surface area is 117 Å². The normalized spacial score (nSPS) is 12.2. The van der Waals surface area contributed by atoms with Gasteiger partial charge in [0, 0.05) is 5.60 Å². The van der Waals surface area contributed by atoms with Crippen LogP contribution in [0.1, 0.15) is 78.1 Å². The van der Waals surface area contributed by atoms with Gasteiger partial charge in [-0.3, -0.25) is 0 Å². The van der Waals surface area contributed by atoms with Crippen molar-refractivity contribution in [2.75, 3.05) is 5.75 Å². The first-order valence-corrected chi connectivity index (χ1v) is 8.73. The van der Waals surface area contributed by atoms with Crippen LogP contribution in [0.3, 0.4) is 0 Å². The highest BCUT2D eigenvalue weighted by atomic mass is 32.1. The van der Waals surface area contributed by atoms with E-state index in [4.69, 9.17) is 4.43 Å². The van der Waals surface area contributed by atoms with E-state index >= 15 is 0 Å². The van der Waals surface area contributed by atoms with Crippen molar-refractivity contribution in [2.24, 2.45) is 0 Å². The van der Waals surface area contributed by atoms with Crippen LogP contribution in [-0.4, -0.2) is 21.8 Å². The Morgan fingerprint density at radius 2 is 1.24 bits per heavy atom. The summed E-state index contributed by atoms with van der Waals surface area (Å²) in [5, 5.41) is 0. The van der Waals surface area contributed by atoms with Gasteiger partial charge in [-0.25, -0.2) is 0 Å². The molecule has 104 valence electrons. The molecule has 0 heterocycles. The Balaban J connectivity index is 3.09. The van der Waals surface area contributed by atoms with Gasteiger partial charge in [-0.2, -0.15) is 12.6 Å². The lowest BCUT2D eigenvalue weighted by atomic mass is 9.99. The fourth-order valence-corrected chi connectivity index (χ4v) is 2.43. The van der Waals surface area contributed by atoms with Crippen LogP contribution >= 0.6 is 12.6 Å². The van der Waals surface area contributed by atoms with E-state index in [-0.39, 0.29) is 5.60 Å². The molecule has 1 nitrogen and oxygen atoms in total. The summed E-state index contributed by atoms with van der Waals surface area (Å²) in [5.74, 6) is 1.05. The summed E-state index contributed by atoms with van der Waals surface area (Å²) < 4.78 is 5.55. The lowest BCUT2D eigenvalue weighted by Crippen LogP contribution is -2.22. The maximum atomic E-state index is 5.55. The second kappa shape index (κ2) is 11.6. The third-order valence-corrected chi connectivity index (χ3v) is 4.91. The van der Waals surface area contributed by atoms with Crippen molar-refractivity contribution in [3.05, 3.63) is 0 Å². The van der Waals surface area contributed by atoms with Gasteiger partial charge in [0.15, 0.2) is 0 Å². The lowest BCUT2D eigenvalue weighted by molar-refractivity contribution is 0.109. The highest BCUT2D eigenvalue weighted by Crippen LogP contribution is 2.18. The lowest BCUT2D eigenvalue weighted by Gasteiger charge is -2.23. The molecule has 0 aromatic rings. The molecule has 0 N–H and O–H groups in total. The summed E-state index contributed by atoms with van der Waals surface area (Å²) in [4.78, 5) is 0. The van der Waals surface area contributed by atoms with Crippen molar-refractivity contribution in [2.45, 2.75) is 83.7 Å². The van der Waals surface area contributed by atoms with Gasteiger partial charge in [0.05, 0.1) is 0 Å². The minimum absolute atomic E-state index is 0.138. The first-order valence-electron chi connectivity index (χ1n) is 7.28. The molecule has 0 amide bonds. The summed E-state index contributed by atoms with van der Waals surface area (Å²) in [7, 11) is 0.863. The minimum Gasteiger partial charge on any atom is -0.423 e. The maximum absolute atomic E-state index is 5.55. The molecule has 0 aromatic heterocycles. The van der Waals surface area contributed by atoms with Crippen molar-refractivity contribution in [3.8, 4) is 0 Å². The van der Waals surface area contributed by atoms with Crippen molar-refractivity contribution in [1.29, 1.82) is 0 Å². The second-order valence-corrected chi connectivity index (χ2v) is 6.47. The van der Waals surface area contributed by atoms with Crippen LogP contribution in [0.4, 0.5) is 0 Å². The fraction of sp³-hybridized carbons (Fsp3) is 1.00. The second-order valence-electron chi connectivity index (χ2n) is 5.62. The molecule has 0 unspecified atom stereocenters. The molecule has 0 fully saturated rings. The van der Waals surface area contributed by atoms with E-state index in [1.165, 1.54) is 64.2 Å². The van der Waals surface area contributed by atoms with Crippen LogP contribution in [0.2, 0.25) is 0 Å². The molecule has 0 saturated carbocycles. The molecular formula is C14H32OSSi. The predicted molar refractivity (Wildman–Crippen MR) is 85.1 cm³/mol. The molecule has 0 aliphatic rings. The van der Waals surface area contributed by atoms with Crippen molar-refractivity contribution in [1.82, 2.24) is 0 Å². The van der Waals surface area contributed by atoms with Gasteiger partial charge in [0.25, 0.3) is 0 Å². The third-order valence-electron chi connectivity index (χ3n) is 3.49. The van der Waals surface area contributed by atoms with E-state index in [0.717, 1.165) is 16.2 Å². The zero-order valence-corrected chi connectivity index (χ0v) is 15.0. The largest absolute Gasteiger partial charge is 0.423 e. The minimum atomic E-state index is 0.138. The summed E-state index contributed by atoms with van der Waals surface area (Å²) >= 11 is 4.23. The van der Waals surface area contributed by atoms with Crippen LogP contribution in [0.15, 0.2) is 0 Å². The van der Waals surface area contributed by atoms with Crippen LogP contribution in [0.5, 0.6) is 0 Å². The summed E-state index contributed by atoms with van der Waals surface area (Å²) in [6.07, 6.45) is 13.7. The van der Waals surface area contributed by atoms with E-state index in [1.807, 2.05) is 0 Å². The quantitative estimate of drug-likeness (QED) is 0.323. The van der Waals surface area contributed by atoms with Crippen LogP contribution in [0, 0.1) is 0 Å². The topological polar surface area (TPSA) is 9.23 Å². The fourth-order valence-electron chi connectivity index (χ4n) is 2.00. The number of rotatable bonds is 12. The zero-order chi connectivity index (χ0) is 13.0. The Morgan fingerprint density at radius 3 is 1.65 bits per heavy atom. The standard InChI is InChI=1S/C14H32OSSi/c1-14(2,15-17)12-10-8-6-4-3-5-7-9-11-13-16/h16H,3-13H2,1-2,17H3. The molecule has 3 heteroatoms. The van der Waals surface area contributed by atoms with E-state index in [1.54, 1.807) is 0 Å². The van der Waals surface area contributed by atoms with Crippen molar-refractivity contribution >= 4 is 23.1 Å². The Hall–Kier alpha value is 0.527. The van der Waals surface area contributed by atoms with Gasteiger partial charge in [-0.15, -0.1) is 0 Å². The molecule has 0 bridgehead atoms. The highest BCUT2D eigenvalue weighted by Gasteiger charge is 2.13. The van der Waals surface area contributed by atoms with Gasteiger partial charge < -0.3 is 4.43 Å². The SMILES string of the molecule is CC(C)(CCCCCCCCCCCS)O[SiH3]. The molecule has 0 saturated heterocycles. The summed E-state index contributed by atoms with van der Waals surface area (Å²) in [6.45, 7) is 4.42. The molecular weight excluding hydrogens is 244 g/mol. The van der Waals surface area contributed by atoms with Crippen molar-refractivity contribution in [3.63, 3.8) is 0 Å². The van der Waals surface area contributed by atoms with Gasteiger partial charge in [-0.1, -0.05) is 51.4 Å². The third kappa shape index (κ3) is 12.8. The predicted octanol–water partition coefficient (Wildman–Crippen LogP) is 3.89. The van der Waals surface area contributed by atoms with Gasteiger partial charge in [-0.05, 0) is 32.4 Å². The average molecular weight is 277 g/mol. The van der Waals surface area contributed by atoms with Crippen LogP contribution in [-0.2, 0) is 4.43 Å².